The molecule has 0 bridgehead atoms. The summed E-state index contributed by atoms with van der Waals surface area (Å²) >= 11 is 0. The lowest BCUT2D eigenvalue weighted by atomic mass is 10.3. The van der Waals surface area contributed by atoms with Crippen molar-refractivity contribution in [1.29, 1.82) is 0 Å². The molecule has 0 aliphatic carbocycles. The minimum atomic E-state index is -1.11. The van der Waals surface area contributed by atoms with Crippen molar-refractivity contribution in [2.75, 3.05) is 5.48 Å². The number of carbonyl (C=O) groups excluding carboxylic acids is 2. The van der Waals surface area contributed by atoms with Crippen LogP contribution in [0.3, 0.4) is 0 Å². The number of halogens is 1. The minimum Gasteiger partial charge on any atom is -0.335 e. The molecule has 0 heterocycles. The monoisotopic (exact) mass is 183 g/mol. The van der Waals surface area contributed by atoms with Crippen molar-refractivity contribution in [2.45, 2.75) is 0 Å². The van der Waals surface area contributed by atoms with Crippen LogP contribution in [0.2, 0.25) is 0 Å². The number of nitrogens with one attached hydrogen (secondary N) is 1. The van der Waals surface area contributed by atoms with E-state index >= 15 is 0 Å². The Bertz CT molecular complexity index is 327. The van der Waals surface area contributed by atoms with Crippen LogP contribution >= 0.6 is 0 Å². The van der Waals surface area contributed by atoms with Crippen molar-refractivity contribution in [3.8, 4) is 0 Å². The van der Waals surface area contributed by atoms with Crippen LogP contribution in [0.15, 0.2) is 24.3 Å². The number of anilines is 1. The van der Waals surface area contributed by atoms with E-state index in [-0.39, 0.29) is 12.0 Å². The van der Waals surface area contributed by atoms with Gasteiger partial charge < -0.3 is 4.84 Å². The maximum atomic E-state index is 12.8. The Labute approximate surface area is 73.3 Å². The molecule has 0 fully saturated rings. The van der Waals surface area contributed by atoms with Crippen molar-refractivity contribution in [3.63, 3.8) is 0 Å². The van der Waals surface area contributed by atoms with Crippen molar-refractivity contribution in [3.05, 3.63) is 30.1 Å². The van der Waals surface area contributed by atoms with Crippen LogP contribution in [0.5, 0.6) is 0 Å². The predicted molar refractivity (Wildman–Crippen MR) is 42.2 cm³/mol. The Hall–Kier alpha value is -1.91. The van der Waals surface area contributed by atoms with E-state index in [1.807, 2.05) is 5.48 Å². The van der Waals surface area contributed by atoms with Gasteiger partial charge in [0.25, 0.3) is 0 Å². The molecule has 1 aromatic carbocycles. The van der Waals surface area contributed by atoms with Gasteiger partial charge in [-0.25, -0.2) is 14.7 Å². The molecule has 1 aromatic rings. The summed E-state index contributed by atoms with van der Waals surface area (Å²) in [5.74, 6) is -1.68. The van der Waals surface area contributed by atoms with E-state index in [4.69, 9.17) is 0 Å². The largest absolute Gasteiger partial charge is 0.395 e. The highest BCUT2D eigenvalue weighted by molar-refractivity contribution is 6.20. The molecule has 0 radical (unpaired) electrons. The van der Waals surface area contributed by atoms with Gasteiger partial charge in [0, 0.05) is 0 Å². The zero-order valence-corrected chi connectivity index (χ0v) is 6.49. The molecular formula is C8H6FNO3. The summed E-state index contributed by atoms with van der Waals surface area (Å²) < 4.78 is 12.8. The van der Waals surface area contributed by atoms with Gasteiger partial charge in [0.15, 0.2) is 0 Å². The highest BCUT2D eigenvalue weighted by atomic mass is 19.1. The van der Waals surface area contributed by atoms with E-state index in [9.17, 15) is 14.0 Å². The molecule has 0 aromatic heterocycles. The molecule has 0 atom stereocenters. The lowest BCUT2D eigenvalue weighted by Crippen LogP contribution is -2.11. The van der Waals surface area contributed by atoms with E-state index in [2.05, 4.69) is 4.84 Å². The van der Waals surface area contributed by atoms with Gasteiger partial charge in [0.1, 0.15) is 11.5 Å². The molecule has 1 rings (SSSR count). The highest BCUT2D eigenvalue weighted by Gasteiger charge is 2.02. The lowest BCUT2D eigenvalue weighted by Gasteiger charge is -2.03. The third-order valence-electron chi connectivity index (χ3n) is 1.23. The third kappa shape index (κ3) is 2.55. The van der Waals surface area contributed by atoms with E-state index < -0.39 is 11.8 Å². The summed E-state index contributed by atoms with van der Waals surface area (Å²) in [7, 11) is 0. The van der Waals surface area contributed by atoms with E-state index in [1.54, 1.807) is 6.07 Å². The number of benzene rings is 1. The first kappa shape index (κ1) is 9.18. The Kier molecular flexibility index (Phi) is 2.97. The van der Waals surface area contributed by atoms with E-state index in [0.29, 0.717) is 0 Å². The fourth-order valence-electron chi connectivity index (χ4n) is 0.673. The zero-order chi connectivity index (χ0) is 9.68. The van der Waals surface area contributed by atoms with Gasteiger partial charge in [0.2, 0.25) is 6.29 Å². The fraction of sp³-hybridized carbons (Fsp3) is 0. The molecule has 5 heteroatoms. The summed E-state index contributed by atoms with van der Waals surface area (Å²) in [6.45, 7) is 0. The fourth-order valence-corrected chi connectivity index (χ4v) is 0.673. The van der Waals surface area contributed by atoms with Gasteiger partial charge in [0.05, 0.1) is 0 Å². The van der Waals surface area contributed by atoms with Gasteiger partial charge in [-0.3, -0.25) is 4.79 Å². The molecule has 0 unspecified atom stereocenters. The van der Waals surface area contributed by atoms with Crippen LogP contribution < -0.4 is 5.48 Å². The molecule has 68 valence electrons. The number of aldehydes is 1. The minimum absolute atomic E-state index is 0.00213. The van der Waals surface area contributed by atoms with Crippen molar-refractivity contribution < 1.29 is 18.8 Å². The average Bonchev–Trinajstić information content (AvgIpc) is 2.16. The number of rotatable bonds is 3. The second kappa shape index (κ2) is 4.20. The highest BCUT2D eigenvalue weighted by Crippen LogP contribution is 2.11. The molecule has 0 saturated heterocycles. The van der Waals surface area contributed by atoms with E-state index in [0.717, 1.165) is 0 Å². The molecule has 0 aliphatic heterocycles. The summed E-state index contributed by atoms with van der Waals surface area (Å²) in [4.78, 5) is 24.3. The summed E-state index contributed by atoms with van der Waals surface area (Å²) in [6, 6.07) is 5.60. The van der Waals surface area contributed by atoms with Crippen LogP contribution in [0.25, 0.3) is 0 Å². The van der Waals surface area contributed by atoms with Crippen molar-refractivity contribution >= 4 is 17.9 Å². The number of carbonyl (C=O) groups is 2. The van der Waals surface area contributed by atoms with Crippen LogP contribution in [0.1, 0.15) is 0 Å². The van der Waals surface area contributed by atoms with Gasteiger partial charge in [-0.05, 0) is 12.1 Å². The molecule has 4 nitrogen and oxygen atoms in total. The lowest BCUT2D eigenvalue weighted by molar-refractivity contribution is -0.146. The first-order valence-corrected chi connectivity index (χ1v) is 3.40. The Balaban J connectivity index is 2.59. The van der Waals surface area contributed by atoms with Crippen LogP contribution in [0.4, 0.5) is 10.1 Å². The quantitative estimate of drug-likeness (QED) is 0.429. The van der Waals surface area contributed by atoms with Gasteiger partial charge in [-0.15, -0.1) is 0 Å². The first-order valence-electron chi connectivity index (χ1n) is 3.40. The zero-order valence-electron chi connectivity index (χ0n) is 6.49. The van der Waals surface area contributed by atoms with Crippen molar-refractivity contribution in [2.24, 2.45) is 0 Å². The SMILES string of the molecule is O=CC(=O)ONc1ccccc1F. The second-order valence-electron chi connectivity index (χ2n) is 2.12. The second-order valence-corrected chi connectivity index (χ2v) is 2.12. The summed E-state index contributed by atoms with van der Waals surface area (Å²) in [6.07, 6.45) is -0.0200. The van der Waals surface area contributed by atoms with Crippen LogP contribution in [0, 0.1) is 5.82 Å². The maximum Gasteiger partial charge on any atom is 0.395 e. The molecular weight excluding hydrogens is 177 g/mol. The molecule has 13 heavy (non-hydrogen) atoms. The van der Waals surface area contributed by atoms with Crippen LogP contribution in [-0.2, 0) is 14.4 Å². The van der Waals surface area contributed by atoms with E-state index in [1.165, 1.54) is 18.2 Å². The first-order chi connectivity index (χ1) is 6.24. The summed E-state index contributed by atoms with van der Waals surface area (Å²) in [5, 5.41) is 0. The normalized spacial score (nSPS) is 9.00. The third-order valence-corrected chi connectivity index (χ3v) is 1.23. The molecule has 1 N–H and O–H groups in total. The van der Waals surface area contributed by atoms with Crippen LogP contribution in [-0.4, -0.2) is 12.3 Å². The average molecular weight is 183 g/mol. The predicted octanol–water partition coefficient (Wildman–Crippen LogP) is 0.895. The topological polar surface area (TPSA) is 55.4 Å². The standard InChI is InChI=1S/C8H6FNO3/c9-6-3-1-2-4-7(6)10-13-8(12)5-11/h1-5,10H. The molecule has 0 aliphatic rings. The van der Waals surface area contributed by atoms with Gasteiger partial charge in [-0.2, -0.15) is 0 Å². The molecule has 0 saturated carbocycles. The van der Waals surface area contributed by atoms with Gasteiger partial charge in [-0.1, -0.05) is 12.1 Å². The van der Waals surface area contributed by atoms with Gasteiger partial charge >= 0.3 is 5.97 Å². The smallest absolute Gasteiger partial charge is 0.335 e. The summed E-state index contributed by atoms with van der Waals surface area (Å²) in [5.41, 5.74) is 2.01. The van der Waals surface area contributed by atoms with Crippen molar-refractivity contribution in [1.82, 2.24) is 0 Å². The Morgan fingerprint density at radius 2 is 2.15 bits per heavy atom. The number of para-hydroxylation sites is 1. The maximum absolute atomic E-state index is 12.8. The Morgan fingerprint density at radius 3 is 2.77 bits per heavy atom. The number of hydrogen-bond donors (Lipinski definition) is 1. The molecule has 0 amide bonds. The Morgan fingerprint density at radius 1 is 1.46 bits per heavy atom. The molecule has 0 spiro atoms. The number of hydrogen-bond acceptors (Lipinski definition) is 4.